The first-order valence-corrected chi connectivity index (χ1v) is 8.57. The summed E-state index contributed by atoms with van der Waals surface area (Å²) in [6.45, 7) is 10.6. The van der Waals surface area contributed by atoms with Gasteiger partial charge in [-0.25, -0.2) is 4.79 Å². The van der Waals surface area contributed by atoms with Crippen LogP contribution in [0.1, 0.15) is 47.0 Å². The molecule has 130 valence electrons. The minimum absolute atomic E-state index is 0.0407. The van der Waals surface area contributed by atoms with Crippen molar-refractivity contribution in [2.24, 2.45) is 17.3 Å². The third-order valence-corrected chi connectivity index (χ3v) is 4.84. The topological polar surface area (TPSA) is 69.7 Å². The average Bonchev–Trinajstić information content (AvgIpc) is 3.00. The lowest BCUT2D eigenvalue weighted by atomic mass is 9.80. The first-order valence-electron chi connectivity index (χ1n) is 8.57. The first-order chi connectivity index (χ1) is 10.7. The largest absolute Gasteiger partial charge is 0.338 e. The summed E-state index contributed by atoms with van der Waals surface area (Å²) in [7, 11) is 0. The molecule has 2 rings (SSSR count). The quantitative estimate of drug-likeness (QED) is 0.634. The Kier molecular flexibility index (Phi) is 5.32. The summed E-state index contributed by atoms with van der Waals surface area (Å²) in [4.78, 5) is 39.5. The molecule has 1 N–H and O–H groups in total. The van der Waals surface area contributed by atoms with E-state index in [-0.39, 0.29) is 29.2 Å². The Hall–Kier alpha value is -1.59. The number of nitrogens with one attached hydrogen (secondary N) is 1. The number of carbonyl (C=O) groups is 3. The van der Waals surface area contributed by atoms with Crippen LogP contribution in [-0.4, -0.2) is 53.8 Å². The number of carbonyl (C=O) groups excluding carboxylic acids is 3. The molecule has 0 saturated carbocycles. The molecule has 2 saturated heterocycles. The number of hydrogen-bond acceptors (Lipinski definition) is 3. The molecule has 4 amide bonds. The van der Waals surface area contributed by atoms with Crippen LogP contribution in [0.5, 0.6) is 0 Å². The molecule has 6 nitrogen and oxygen atoms in total. The average molecular weight is 323 g/mol. The second-order valence-corrected chi connectivity index (χ2v) is 7.93. The highest BCUT2D eigenvalue weighted by Gasteiger charge is 2.44. The van der Waals surface area contributed by atoms with E-state index < -0.39 is 0 Å². The van der Waals surface area contributed by atoms with Crippen molar-refractivity contribution in [2.75, 3.05) is 26.2 Å². The molecule has 2 aliphatic rings. The second-order valence-electron chi connectivity index (χ2n) is 7.93. The van der Waals surface area contributed by atoms with Gasteiger partial charge in [-0.1, -0.05) is 27.7 Å². The summed E-state index contributed by atoms with van der Waals surface area (Å²) < 4.78 is 0. The zero-order chi connectivity index (χ0) is 17.2. The summed E-state index contributed by atoms with van der Waals surface area (Å²) in [5.41, 5.74) is -0.192. The molecule has 0 aromatic carbocycles. The first kappa shape index (κ1) is 17.8. The van der Waals surface area contributed by atoms with Crippen LogP contribution in [0.3, 0.4) is 0 Å². The fourth-order valence-corrected chi connectivity index (χ4v) is 3.26. The van der Waals surface area contributed by atoms with Gasteiger partial charge in [0.15, 0.2) is 0 Å². The van der Waals surface area contributed by atoms with Gasteiger partial charge in [-0.3, -0.25) is 14.5 Å². The predicted molar refractivity (Wildman–Crippen MR) is 87.7 cm³/mol. The number of urea groups is 1. The molecule has 0 aromatic heterocycles. The van der Waals surface area contributed by atoms with E-state index in [4.69, 9.17) is 0 Å². The van der Waals surface area contributed by atoms with Gasteiger partial charge >= 0.3 is 6.03 Å². The third kappa shape index (κ3) is 4.24. The fourth-order valence-electron chi connectivity index (χ4n) is 3.26. The van der Waals surface area contributed by atoms with Crippen LogP contribution in [0.15, 0.2) is 0 Å². The molecule has 2 fully saturated rings. The molecule has 2 aliphatic heterocycles. The number of hydrogen-bond donors (Lipinski definition) is 1. The molecule has 0 aliphatic carbocycles. The van der Waals surface area contributed by atoms with E-state index >= 15 is 0 Å². The molecule has 1 unspecified atom stereocenters. The van der Waals surface area contributed by atoms with Crippen molar-refractivity contribution in [3.63, 3.8) is 0 Å². The van der Waals surface area contributed by atoms with Crippen molar-refractivity contribution < 1.29 is 14.4 Å². The van der Waals surface area contributed by atoms with E-state index in [1.807, 2.05) is 25.7 Å². The zero-order valence-electron chi connectivity index (χ0n) is 14.7. The van der Waals surface area contributed by atoms with Crippen LogP contribution in [-0.2, 0) is 9.59 Å². The molecular weight excluding hydrogens is 294 g/mol. The third-order valence-electron chi connectivity index (χ3n) is 4.84. The highest BCUT2D eigenvalue weighted by Crippen LogP contribution is 2.35. The minimum Gasteiger partial charge on any atom is -0.338 e. The zero-order valence-corrected chi connectivity index (χ0v) is 14.7. The van der Waals surface area contributed by atoms with Crippen LogP contribution in [0.25, 0.3) is 0 Å². The molecule has 6 heteroatoms. The number of amides is 4. The van der Waals surface area contributed by atoms with Crippen LogP contribution in [0.4, 0.5) is 4.79 Å². The van der Waals surface area contributed by atoms with Gasteiger partial charge in [0.05, 0.1) is 5.92 Å². The normalized spacial score (nSPS) is 25.4. The van der Waals surface area contributed by atoms with E-state index in [0.717, 1.165) is 19.5 Å². The molecule has 0 bridgehead atoms. The number of imide groups is 1. The van der Waals surface area contributed by atoms with Gasteiger partial charge in [-0.15, -0.1) is 0 Å². The van der Waals surface area contributed by atoms with Crippen LogP contribution < -0.4 is 5.32 Å². The van der Waals surface area contributed by atoms with Crippen molar-refractivity contribution in [1.82, 2.24) is 15.1 Å². The van der Waals surface area contributed by atoms with E-state index in [2.05, 4.69) is 12.2 Å². The van der Waals surface area contributed by atoms with Crippen molar-refractivity contribution in [2.45, 2.75) is 47.0 Å². The smallest absolute Gasteiger partial charge is 0.317 e. The summed E-state index contributed by atoms with van der Waals surface area (Å²) in [6, 6.07) is -0.0407. The summed E-state index contributed by atoms with van der Waals surface area (Å²) in [6.07, 6.45) is 1.96. The van der Waals surface area contributed by atoms with E-state index in [9.17, 15) is 14.4 Å². The Balaban J connectivity index is 1.73. The number of nitrogens with zero attached hydrogens (tertiary/aromatic N) is 2. The van der Waals surface area contributed by atoms with E-state index in [1.165, 1.54) is 4.90 Å². The highest BCUT2D eigenvalue weighted by molar-refractivity contribution is 6.03. The highest BCUT2D eigenvalue weighted by atomic mass is 16.2. The summed E-state index contributed by atoms with van der Waals surface area (Å²) in [5, 5.41) is 2.88. The van der Waals surface area contributed by atoms with Gasteiger partial charge in [0.2, 0.25) is 11.8 Å². The van der Waals surface area contributed by atoms with E-state index in [1.54, 1.807) is 0 Å². The Morgan fingerprint density at radius 3 is 2.52 bits per heavy atom. The molecule has 0 radical (unpaired) electrons. The number of likely N-dealkylation sites (tertiary alicyclic amines) is 2. The Morgan fingerprint density at radius 1 is 1.30 bits per heavy atom. The lowest BCUT2D eigenvalue weighted by Crippen LogP contribution is -2.40. The minimum atomic E-state index is -0.226. The second kappa shape index (κ2) is 6.89. The molecule has 2 heterocycles. The number of rotatable bonds is 4. The Morgan fingerprint density at radius 2 is 2.00 bits per heavy atom. The van der Waals surface area contributed by atoms with Gasteiger partial charge in [0, 0.05) is 32.6 Å². The maximum atomic E-state index is 12.3. The maximum absolute atomic E-state index is 12.3. The van der Waals surface area contributed by atoms with Gasteiger partial charge in [-0.2, -0.15) is 0 Å². The maximum Gasteiger partial charge on any atom is 0.317 e. The molecule has 0 spiro atoms. The van der Waals surface area contributed by atoms with E-state index in [0.29, 0.717) is 31.8 Å². The lowest BCUT2D eigenvalue weighted by molar-refractivity contribution is -0.140. The van der Waals surface area contributed by atoms with Gasteiger partial charge < -0.3 is 10.2 Å². The lowest BCUT2D eigenvalue weighted by Gasteiger charge is -2.25. The summed E-state index contributed by atoms with van der Waals surface area (Å²) >= 11 is 0. The van der Waals surface area contributed by atoms with Crippen molar-refractivity contribution in [3.8, 4) is 0 Å². The van der Waals surface area contributed by atoms with Crippen LogP contribution in [0, 0.1) is 17.3 Å². The summed E-state index contributed by atoms with van der Waals surface area (Å²) in [5.74, 6) is 0.183. The van der Waals surface area contributed by atoms with Gasteiger partial charge in [-0.05, 0) is 24.2 Å². The standard InChI is InChI=1S/C17H29N3O3/c1-12-6-9-19(11-12)16(23)18-7-5-8-20-14(21)10-13(15(20)22)17(2,3)4/h12-13H,5-11H2,1-4H3,(H,18,23)/t12-,13?/m0/s1. The van der Waals surface area contributed by atoms with Gasteiger partial charge in [0.1, 0.15) is 0 Å². The Labute approximate surface area is 138 Å². The molecular formula is C17H29N3O3. The molecule has 2 atom stereocenters. The van der Waals surface area contributed by atoms with Crippen molar-refractivity contribution >= 4 is 17.8 Å². The van der Waals surface area contributed by atoms with Crippen LogP contribution in [0.2, 0.25) is 0 Å². The molecule has 0 aromatic rings. The van der Waals surface area contributed by atoms with Crippen LogP contribution >= 0.6 is 0 Å². The SMILES string of the molecule is C[C@H]1CCN(C(=O)NCCCN2C(=O)CC(C(C)(C)C)C2=O)C1. The molecule has 23 heavy (non-hydrogen) atoms. The van der Waals surface area contributed by atoms with Gasteiger partial charge in [0.25, 0.3) is 0 Å². The van der Waals surface area contributed by atoms with Crippen molar-refractivity contribution in [1.29, 1.82) is 0 Å². The Bertz CT molecular complexity index is 484. The fraction of sp³-hybridized carbons (Fsp3) is 0.824. The monoisotopic (exact) mass is 323 g/mol. The predicted octanol–water partition coefficient (Wildman–Crippen LogP) is 1.85. The van der Waals surface area contributed by atoms with Crippen molar-refractivity contribution in [3.05, 3.63) is 0 Å².